The molecule has 0 spiro atoms. The molecule has 0 aliphatic rings. The molecule has 19 heavy (non-hydrogen) atoms. The van der Waals surface area contributed by atoms with Crippen molar-refractivity contribution in [1.29, 1.82) is 0 Å². The molecule has 0 radical (unpaired) electrons. The first-order chi connectivity index (χ1) is 9.09. The molecule has 0 fully saturated rings. The van der Waals surface area contributed by atoms with Crippen molar-refractivity contribution in [3.05, 3.63) is 59.5 Å². The molecule has 0 saturated carbocycles. The van der Waals surface area contributed by atoms with E-state index in [2.05, 4.69) is 0 Å². The van der Waals surface area contributed by atoms with Gasteiger partial charge in [-0.2, -0.15) is 0 Å². The third-order valence-corrected chi connectivity index (χ3v) is 3.14. The van der Waals surface area contributed by atoms with Crippen molar-refractivity contribution < 1.29 is 9.21 Å². The first kappa shape index (κ1) is 13.4. The van der Waals surface area contributed by atoms with Crippen LogP contribution in [-0.4, -0.2) is 16.8 Å². The Hall–Kier alpha value is -2.03. The maximum atomic E-state index is 12.5. The van der Waals surface area contributed by atoms with E-state index in [1.54, 1.807) is 6.26 Å². The second-order valence-electron chi connectivity index (χ2n) is 4.95. The fourth-order valence-electron chi connectivity index (χ4n) is 1.99. The lowest BCUT2D eigenvalue weighted by Crippen LogP contribution is -2.36. The van der Waals surface area contributed by atoms with Gasteiger partial charge in [0, 0.05) is 18.2 Å². The summed E-state index contributed by atoms with van der Waals surface area (Å²) >= 11 is 0. The molecule has 1 aromatic heterocycles. The summed E-state index contributed by atoms with van der Waals surface area (Å²) in [6.45, 7) is 6.51. The van der Waals surface area contributed by atoms with Gasteiger partial charge in [-0.15, -0.1) is 0 Å². The molecule has 0 bridgehead atoms. The standard InChI is InChI=1S/C16H19NO2/c1-12(2)17(11-14-7-5-4-6-8-14)16(18)15-13(3)9-10-19-15/h4-10,12H,11H2,1-3H3. The van der Waals surface area contributed by atoms with Crippen molar-refractivity contribution >= 4 is 5.91 Å². The van der Waals surface area contributed by atoms with Gasteiger partial charge in [-0.3, -0.25) is 4.79 Å². The summed E-state index contributed by atoms with van der Waals surface area (Å²) in [5, 5.41) is 0. The Kier molecular flexibility index (Phi) is 4.05. The fraction of sp³-hybridized carbons (Fsp3) is 0.312. The molecule has 2 aromatic rings. The molecule has 1 heterocycles. The van der Waals surface area contributed by atoms with Crippen LogP contribution in [-0.2, 0) is 6.54 Å². The maximum Gasteiger partial charge on any atom is 0.290 e. The number of rotatable bonds is 4. The van der Waals surface area contributed by atoms with Gasteiger partial charge in [-0.25, -0.2) is 0 Å². The van der Waals surface area contributed by atoms with E-state index in [0.717, 1.165) is 11.1 Å². The number of benzene rings is 1. The topological polar surface area (TPSA) is 33.5 Å². The number of hydrogen-bond acceptors (Lipinski definition) is 2. The number of nitrogens with zero attached hydrogens (tertiary/aromatic N) is 1. The number of hydrogen-bond donors (Lipinski definition) is 0. The van der Waals surface area contributed by atoms with E-state index in [1.165, 1.54) is 0 Å². The van der Waals surface area contributed by atoms with Gasteiger partial charge < -0.3 is 9.32 Å². The van der Waals surface area contributed by atoms with Crippen LogP contribution in [0.4, 0.5) is 0 Å². The van der Waals surface area contributed by atoms with E-state index in [4.69, 9.17) is 4.42 Å². The van der Waals surface area contributed by atoms with Crippen LogP contribution >= 0.6 is 0 Å². The minimum Gasteiger partial charge on any atom is -0.459 e. The third-order valence-electron chi connectivity index (χ3n) is 3.14. The zero-order valence-electron chi connectivity index (χ0n) is 11.6. The van der Waals surface area contributed by atoms with Crippen molar-refractivity contribution in [1.82, 2.24) is 4.90 Å². The molecular weight excluding hydrogens is 238 g/mol. The summed E-state index contributed by atoms with van der Waals surface area (Å²) < 4.78 is 5.30. The summed E-state index contributed by atoms with van der Waals surface area (Å²) in [7, 11) is 0. The van der Waals surface area contributed by atoms with Gasteiger partial charge in [0.05, 0.1) is 6.26 Å². The second-order valence-corrected chi connectivity index (χ2v) is 4.95. The van der Waals surface area contributed by atoms with Crippen LogP contribution in [0.2, 0.25) is 0 Å². The number of furan rings is 1. The highest BCUT2D eigenvalue weighted by Crippen LogP contribution is 2.16. The molecule has 1 amide bonds. The molecule has 0 N–H and O–H groups in total. The average molecular weight is 257 g/mol. The molecule has 0 atom stereocenters. The van der Waals surface area contributed by atoms with Crippen LogP contribution in [0, 0.1) is 6.92 Å². The van der Waals surface area contributed by atoms with Crippen LogP contribution in [0.15, 0.2) is 47.1 Å². The zero-order chi connectivity index (χ0) is 13.8. The largest absolute Gasteiger partial charge is 0.459 e. The average Bonchev–Trinajstić information content (AvgIpc) is 2.82. The predicted octanol–water partition coefficient (Wildman–Crippen LogP) is 3.64. The van der Waals surface area contributed by atoms with Gasteiger partial charge in [0.1, 0.15) is 0 Å². The zero-order valence-corrected chi connectivity index (χ0v) is 11.6. The maximum absolute atomic E-state index is 12.5. The van der Waals surface area contributed by atoms with Crippen molar-refractivity contribution in [3.8, 4) is 0 Å². The van der Waals surface area contributed by atoms with Gasteiger partial charge >= 0.3 is 0 Å². The van der Waals surface area contributed by atoms with Gasteiger partial charge in [-0.05, 0) is 32.4 Å². The minimum atomic E-state index is -0.0543. The van der Waals surface area contributed by atoms with Gasteiger partial charge in [-0.1, -0.05) is 30.3 Å². The highest BCUT2D eigenvalue weighted by Gasteiger charge is 2.22. The van der Waals surface area contributed by atoms with Gasteiger partial charge in [0.15, 0.2) is 5.76 Å². The molecule has 0 aliphatic heterocycles. The van der Waals surface area contributed by atoms with Gasteiger partial charge in [0.2, 0.25) is 0 Å². The normalized spacial score (nSPS) is 10.7. The molecule has 0 aliphatic carbocycles. The number of carbonyl (C=O) groups is 1. The minimum absolute atomic E-state index is 0.0543. The van der Waals surface area contributed by atoms with Crippen LogP contribution in [0.3, 0.4) is 0 Å². The Labute approximate surface area is 113 Å². The van der Waals surface area contributed by atoms with Crippen LogP contribution in [0.5, 0.6) is 0 Å². The number of aryl methyl sites for hydroxylation is 1. The molecule has 0 saturated heterocycles. The Bertz CT molecular complexity index is 543. The summed E-state index contributed by atoms with van der Waals surface area (Å²) in [6.07, 6.45) is 1.56. The molecular formula is C16H19NO2. The highest BCUT2D eigenvalue weighted by molar-refractivity contribution is 5.93. The van der Waals surface area contributed by atoms with E-state index in [-0.39, 0.29) is 11.9 Å². The van der Waals surface area contributed by atoms with Crippen LogP contribution in [0.1, 0.15) is 35.5 Å². The first-order valence-electron chi connectivity index (χ1n) is 6.48. The summed E-state index contributed by atoms with van der Waals surface area (Å²) in [6, 6.07) is 11.9. The summed E-state index contributed by atoms with van der Waals surface area (Å²) in [4.78, 5) is 14.3. The Morgan fingerprint density at radius 3 is 2.42 bits per heavy atom. The molecule has 1 aromatic carbocycles. The molecule has 0 unspecified atom stereocenters. The quantitative estimate of drug-likeness (QED) is 0.837. The lowest BCUT2D eigenvalue weighted by Gasteiger charge is -2.26. The monoisotopic (exact) mass is 257 g/mol. The van der Waals surface area contributed by atoms with E-state index in [9.17, 15) is 4.79 Å². The van der Waals surface area contributed by atoms with Crippen molar-refractivity contribution in [3.63, 3.8) is 0 Å². The third kappa shape index (κ3) is 3.05. The predicted molar refractivity (Wildman–Crippen MR) is 74.9 cm³/mol. The lowest BCUT2D eigenvalue weighted by atomic mass is 10.1. The Morgan fingerprint density at radius 2 is 1.89 bits per heavy atom. The number of carbonyl (C=O) groups excluding carboxylic acids is 1. The molecule has 2 rings (SSSR count). The van der Waals surface area contributed by atoms with E-state index in [0.29, 0.717) is 12.3 Å². The fourth-order valence-corrected chi connectivity index (χ4v) is 1.99. The Balaban J connectivity index is 2.22. The van der Waals surface area contributed by atoms with Crippen molar-refractivity contribution in [2.24, 2.45) is 0 Å². The van der Waals surface area contributed by atoms with E-state index in [1.807, 2.05) is 62.1 Å². The van der Waals surface area contributed by atoms with E-state index < -0.39 is 0 Å². The second kappa shape index (κ2) is 5.74. The van der Waals surface area contributed by atoms with E-state index >= 15 is 0 Å². The molecule has 3 heteroatoms. The SMILES string of the molecule is Cc1ccoc1C(=O)N(Cc1ccccc1)C(C)C. The summed E-state index contributed by atoms with van der Waals surface area (Å²) in [5.41, 5.74) is 2.00. The molecule has 3 nitrogen and oxygen atoms in total. The Morgan fingerprint density at radius 1 is 1.21 bits per heavy atom. The van der Waals surface area contributed by atoms with Gasteiger partial charge in [0.25, 0.3) is 5.91 Å². The van der Waals surface area contributed by atoms with Crippen molar-refractivity contribution in [2.45, 2.75) is 33.4 Å². The van der Waals surface area contributed by atoms with Crippen LogP contribution in [0.25, 0.3) is 0 Å². The van der Waals surface area contributed by atoms with Crippen LogP contribution < -0.4 is 0 Å². The smallest absolute Gasteiger partial charge is 0.290 e. The first-order valence-corrected chi connectivity index (χ1v) is 6.48. The summed E-state index contributed by atoms with van der Waals surface area (Å²) in [5.74, 6) is 0.381. The number of amides is 1. The van der Waals surface area contributed by atoms with Crippen molar-refractivity contribution in [2.75, 3.05) is 0 Å². The molecule has 100 valence electrons. The lowest BCUT2D eigenvalue weighted by molar-refractivity contribution is 0.0656. The highest BCUT2D eigenvalue weighted by atomic mass is 16.3.